The van der Waals surface area contributed by atoms with Crippen LogP contribution >= 0.6 is 11.5 Å². The molecule has 9 heavy (non-hydrogen) atoms. The summed E-state index contributed by atoms with van der Waals surface area (Å²) in [4.78, 5) is 3.95. The zero-order valence-electron chi connectivity index (χ0n) is 5.46. The maximum atomic E-state index is 3.98. The molecule has 0 bridgehead atoms. The lowest BCUT2D eigenvalue weighted by molar-refractivity contribution is 0.883. The second-order valence-electron chi connectivity index (χ2n) is 2.05. The maximum Gasteiger partial charge on any atom is 0.234 e. The molecule has 0 amide bonds. The molecule has 0 unspecified atom stereocenters. The van der Waals surface area contributed by atoms with Crippen molar-refractivity contribution in [2.24, 2.45) is 0 Å². The smallest absolute Gasteiger partial charge is 0.234 e. The minimum atomic E-state index is 0.416. The number of nitrogens with zero attached hydrogens (tertiary/aromatic N) is 2. The Morgan fingerprint density at radius 3 is 2.89 bits per heavy atom. The van der Waals surface area contributed by atoms with Crippen molar-refractivity contribution in [1.29, 1.82) is 0 Å². The zero-order chi connectivity index (χ0) is 6.69. The number of anilines is 1. The highest BCUT2D eigenvalue weighted by Crippen LogP contribution is 2.00. The van der Waals surface area contributed by atoms with Gasteiger partial charge in [0.25, 0.3) is 0 Å². The van der Waals surface area contributed by atoms with Gasteiger partial charge in [-0.1, -0.05) is 0 Å². The lowest BCUT2D eigenvalue weighted by Crippen LogP contribution is -2.10. The summed E-state index contributed by atoms with van der Waals surface area (Å²) in [5.41, 5.74) is 1.71. The number of hydrogen-bond acceptors (Lipinski definition) is 4. The summed E-state index contributed by atoms with van der Waals surface area (Å²) in [6.45, 7) is 4.11. The van der Waals surface area contributed by atoms with Crippen LogP contribution in [0, 0.1) is 0 Å². The molecule has 1 N–H and O–H groups in total. The number of hydrogen-bond donors (Lipinski definition) is 1. The molecule has 1 aromatic rings. The van der Waals surface area contributed by atoms with E-state index < -0.39 is 0 Å². The number of rotatable bonds is 2. The quantitative estimate of drug-likeness (QED) is 0.679. The number of nitrogens with one attached hydrogen (secondary N) is 1. The van der Waals surface area contributed by atoms with Crippen LogP contribution in [-0.4, -0.2) is 15.4 Å². The van der Waals surface area contributed by atoms with Crippen LogP contribution in [-0.2, 0) is 0 Å². The van der Waals surface area contributed by atoms with Gasteiger partial charge >= 0.3 is 0 Å². The molecule has 1 heterocycles. The van der Waals surface area contributed by atoms with Gasteiger partial charge in [-0.25, -0.2) is 4.98 Å². The van der Waals surface area contributed by atoms with Gasteiger partial charge in [0, 0.05) is 6.04 Å². The Hall–Kier alpha value is -0.640. The largest absolute Gasteiger partial charge is 0.351 e. The second kappa shape index (κ2) is 2.77. The van der Waals surface area contributed by atoms with Crippen molar-refractivity contribution in [1.82, 2.24) is 9.36 Å². The zero-order valence-corrected chi connectivity index (χ0v) is 6.27. The van der Waals surface area contributed by atoms with E-state index in [4.69, 9.17) is 0 Å². The molecule has 0 atom stereocenters. The molecular formula is C5H9N3S. The van der Waals surface area contributed by atoms with E-state index in [0.29, 0.717) is 6.04 Å². The molecule has 0 aliphatic rings. The minimum Gasteiger partial charge on any atom is -0.351 e. The van der Waals surface area contributed by atoms with Crippen molar-refractivity contribution >= 4 is 17.5 Å². The predicted octanol–water partition coefficient (Wildman–Crippen LogP) is 1.36. The Labute approximate surface area is 58.3 Å². The third-order valence-corrected chi connectivity index (χ3v) is 1.26. The van der Waals surface area contributed by atoms with Gasteiger partial charge in [-0.05, 0) is 25.4 Å². The van der Waals surface area contributed by atoms with Gasteiger partial charge in [0.2, 0.25) is 5.95 Å². The molecular weight excluding hydrogens is 134 g/mol. The lowest BCUT2D eigenvalue weighted by atomic mass is 10.4. The summed E-state index contributed by atoms with van der Waals surface area (Å²) in [6, 6.07) is 0.416. The van der Waals surface area contributed by atoms with Crippen LogP contribution < -0.4 is 5.32 Å². The highest BCUT2D eigenvalue weighted by Gasteiger charge is 1.95. The van der Waals surface area contributed by atoms with Crippen molar-refractivity contribution < 1.29 is 0 Å². The van der Waals surface area contributed by atoms with E-state index in [2.05, 4.69) is 28.5 Å². The summed E-state index contributed by atoms with van der Waals surface area (Å²) in [6.07, 6.45) is 0. The lowest BCUT2D eigenvalue weighted by Gasteiger charge is -2.02. The van der Waals surface area contributed by atoms with Gasteiger partial charge in [0.1, 0.15) is 5.51 Å². The Kier molecular flexibility index (Phi) is 2.00. The summed E-state index contributed by atoms with van der Waals surface area (Å²) in [7, 11) is 0. The average Bonchev–Trinajstić information content (AvgIpc) is 2.15. The summed E-state index contributed by atoms with van der Waals surface area (Å²) in [5.74, 6) is 0.731. The van der Waals surface area contributed by atoms with Gasteiger partial charge in [0.15, 0.2) is 0 Å². The van der Waals surface area contributed by atoms with Crippen molar-refractivity contribution in [2.75, 3.05) is 5.32 Å². The van der Waals surface area contributed by atoms with Gasteiger partial charge in [-0.2, -0.15) is 4.37 Å². The molecule has 0 aliphatic carbocycles. The molecule has 0 aliphatic heterocycles. The Balaban J connectivity index is 2.48. The molecule has 0 fully saturated rings. The normalized spacial score (nSPS) is 10.1. The van der Waals surface area contributed by atoms with Crippen LogP contribution in [0.1, 0.15) is 13.8 Å². The first-order valence-electron chi connectivity index (χ1n) is 2.82. The molecule has 1 rings (SSSR count). The Bertz CT molecular complexity index is 159. The summed E-state index contributed by atoms with van der Waals surface area (Å²) < 4.78 is 3.98. The van der Waals surface area contributed by atoms with E-state index in [1.807, 2.05) is 0 Å². The molecule has 0 radical (unpaired) electrons. The first kappa shape index (κ1) is 6.48. The molecule has 3 nitrogen and oxygen atoms in total. The van der Waals surface area contributed by atoms with E-state index in [0.717, 1.165) is 5.95 Å². The van der Waals surface area contributed by atoms with E-state index in [-0.39, 0.29) is 0 Å². The highest BCUT2D eigenvalue weighted by molar-refractivity contribution is 7.03. The number of aromatic nitrogens is 2. The van der Waals surface area contributed by atoms with Gasteiger partial charge in [-0.15, -0.1) is 0 Å². The molecule has 0 saturated heterocycles. The van der Waals surface area contributed by atoms with Crippen LogP contribution in [0.5, 0.6) is 0 Å². The maximum absolute atomic E-state index is 3.98. The van der Waals surface area contributed by atoms with E-state index in [9.17, 15) is 0 Å². The minimum absolute atomic E-state index is 0.416. The monoisotopic (exact) mass is 143 g/mol. The van der Waals surface area contributed by atoms with Crippen molar-refractivity contribution in [2.45, 2.75) is 19.9 Å². The fraction of sp³-hybridized carbons (Fsp3) is 0.600. The van der Waals surface area contributed by atoms with Gasteiger partial charge in [-0.3, -0.25) is 0 Å². The van der Waals surface area contributed by atoms with E-state index in [1.165, 1.54) is 11.5 Å². The molecule has 1 aromatic heterocycles. The first-order chi connectivity index (χ1) is 4.29. The standard InChI is InChI=1S/C5H9N3S/c1-4(2)7-5-6-3-9-8-5/h3-4H,1-2H3,(H,7,8). The topological polar surface area (TPSA) is 37.8 Å². The van der Waals surface area contributed by atoms with Crippen LogP contribution in [0.4, 0.5) is 5.95 Å². The summed E-state index contributed by atoms with van der Waals surface area (Å²) >= 11 is 1.36. The van der Waals surface area contributed by atoms with Gasteiger partial charge < -0.3 is 5.32 Å². The summed E-state index contributed by atoms with van der Waals surface area (Å²) in [5, 5.41) is 3.07. The third kappa shape index (κ3) is 1.97. The second-order valence-corrected chi connectivity index (χ2v) is 2.66. The molecule has 0 saturated carbocycles. The third-order valence-electron chi connectivity index (χ3n) is 0.779. The van der Waals surface area contributed by atoms with E-state index in [1.54, 1.807) is 5.51 Å². The molecule has 50 valence electrons. The fourth-order valence-electron chi connectivity index (χ4n) is 0.492. The average molecular weight is 143 g/mol. The Morgan fingerprint density at radius 1 is 1.67 bits per heavy atom. The Morgan fingerprint density at radius 2 is 2.44 bits per heavy atom. The SMILES string of the molecule is CC(C)Nc1ncsn1. The predicted molar refractivity (Wildman–Crippen MR) is 38.7 cm³/mol. The van der Waals surface area contributed by atoms with Crippen LogP contribution in [0.3, 0.4) is 0 Å². The van der Waals surface area contributed by atoms with Crippen LogP contribution in [0.2, 0.25) is 0 Å². The van der Waals surface area contributed by atoms with Crippen LogP contribution in [0.15, 0.2) is 5.51 Å². The van der Waals surface area contributed by atoms with Crippen molar-refractivity contribution in [3.8, 4) is 0 Å². The molecule has 0 aromatic carbocycles. The van der Waals surface area contributed by atoms with Crippen LogP contribution in [0.25, 0.3) is 0 Å². The molecule has 4 heteroatoms. The van der Waals surface area contributed by atoms with Crippen molar-refractivity contribution in [3.05, 3.63) is 5.51 Å². The fourth-order valence-corrected chi connectivity index (χ4v) is 0.886. The first-order valence-corrected chi connectivity index (χ1v) is 3.65. The molecule has 0 spiro atoms. The van der Waals surface area contributed by atoms with Gasteiger partial charge in [0.05, 0.1) is 0 Å². The highest BCUT2D eigenvalue weighted by atomic mass is 32.1. The van der Waals surface area contributed by atoms with E-state index >= 15 is 0 Å². The van der Waals surface area contributed by atoms with Crippen molar-refractivity contribution in [3.63, 3.8) is 0 Å².